The summed E-state index contributed by atoms with van der Waals surface area (Å²) < 4.78 is 0. The van der Waals surface area contributed by atoms with E-state index < -0.39 is 0 Å². The molecule has 2 aliphatic heterocycles. The van der Waals surface area contributed by atoms with Gasteiger partial charge in [-0.05, 0) is 25.7 Å². The zero-order valence-corrected chi connectivity index (χ0v) is 14.5. The number of β-amino-alcohol motifs (C(OH)–C–C–N with tert-alkyl or cyclic N) is 1. The Morgan fingerprint density at radius 3 is 2.43 bits per heavy atom. The number of hydrogen-bond acceptors (Lipinski definition) is 4. The molecule has 132 valence electrons. The molecule has 2 aliphatic rings. The van der Waals surface area contributed by atoms with Gasteiger partial charge in [-0.1, -0.05) is 6.92 Å². The van der Waals surface area contributed by atoms with Gasteiger partial charge in [0, 0.05) is 58.7 Å². The standard InChI is InChI=1S/C17H31N3O3/c1-3-16(22)13-18-8-10-19(11-9-18)17(23)12-15-6-4-5-7-20(15)14(2)21/h15-16,22H,3-13H2,1-2H3/t15-,16+/m0/s1. The molecule has 6 heteroatoms. The summed E-state index contributed by atoms with van der Waals surface area (Å²) in [5.74, 6) is 0.250. The van der Waals surface area contributed by atoms with Gasteiger partial charge in [0.15, 0.2) is 0 Å². The van der Waals surface area contributed by atoms with Gasteiger partial charge < -0.3 is 14.9 Å². The summed E-state index contributed by atoms with van der Waals surface area (Å²) in [4.78, 5) is 30.3. The Bertz CT molecular complexity index is 408. The number of hydrogen-bond donors (Lipinski definition) is 1. The highest BCUT2D eigenvalue weighted by Gasteiger charge is 2.29. The van der Waals surface area contributed by atoms with Gasteiger partial charge in [-0.3, -0.25) is 14.5 Å². The first kappa shape index (κ1) is 18.2. The second-order valence-corrected chi connectivity index (χ2v) is 6.81. The maximum Gasteiger partial charge on any atom is 0.224 e. The van der Waals surface area contributed by atoms with Gasteiger partial charge in [-0.15, -0.1) is 0 Å². The summed E-state index contributed by atoms with van der Waals surface area (Å²) in [6, 6.07) is 0.0775. The van der Waals surface area contributed by atoms with Crippen LogP contribution in [0.1, 0.15) is 46.0 Å². The third-order valence-electron chi connectivity index (χ3n) is 5.11. The third kappa shape index (κ3) is 5.18. The highest BCUT2D eigenvalue weighted by molar-refractivity contribution is 5.79. The van der Waals surface area contributed by atoms with Gasteiger partial charge in [0.25, 0.3) is 0 Å². The van der Waals surface area contributed by atoms with Gasteiger partial charge in [0.1, 0.15) is 0 Å². The number of amides is 2. The fourth-order valence-corrected chi connectivity index (χ4v) is 3.56. The lowest BCUT2D eigenvalue weighted by Crippen LogP contribution is -2.52. The molecule has 0 aromatic rings. The number of likely N-dealkylation sites (tertiary alicyclic amines) is 1. The number of carbonyl (C=O) groups excluding carboxylic acids is 2. The van der Waals surface area contributed by atoms with E-state index in [0.717, 1.165) is 58.4 Å². The Hall–Kier alpha value is -1.14. The summed E-state index contributed by atoms with van der Waals surface area (Å²) in [6.07, 6.45) is 4.03. The first-order valence-electron chi connectivity index (χ1n) is 8.96. The predicted octanol–water partition coefficient (Wildman–Crippen LogP) is 0.693. The van der Waals surface area contributed by atoms with Crippen molar-refractivity contribution in [2.45, 2.75) is 58.1 Å². The Kier molecular flexibility index (Phi) is 6.84. The van der Waals surface area contributed by atoms with Crippen LogP contribution in [0.25, 0.3) is 0 Å². The maximum atomic E-state index is 12.5. The molecule has 23 heavy (non-hydrogen) atoms. The molecule has 2 atom stereocenters. The molecule has 0 bridgehead atoms. The Labute approximate surface area is 139 Å². The van der Waals surface area contributed by atoms with E-state index in [1.807, 2.05) is 16.7 Å². The summed E-state index contributed by atoms with van der Waals surface area (Å²) in [5, 5.41) is 9.72. The van der Waals surface area contributed by atoms with Crippen molar-refractivity contribution in [2.75, 3.05) is 39.3 Å². The van der Waals surface area contributed by atoms with Gasteiger partial charge >= 0.3 is 0 Å². The maximum absolute atomic E-state index is 12.5. The number of aliphatic hydroxyl groups is 1. The molecular weight excluding hydrogens is 294 g/mol. The van der Waals surface area contributed by atoms with E-state index in [0.29, 0.717) is 13.0 Å². The molecule has 0 spiro atoms. The summed E-state index contributed by atoms with van der Waals surface area (Å²) in [5.41, 5.74) is 0. The van der Waals surface area contributed by atoms with Crippen LogP contribution in [0.2, 0.25) is 0 Å². The first-order chi connectivity index (χ1) is 11.0. The summed E-state index contributed by atoms with van der Waals surface area (Å²) in [6.45, 7) is 8.16. The Morgan fingerprint density at radius 1 is 1.13 bits per heavy atom. The molecule has 0 aromatic heterocycles. The molecule has 2 saturated heterocycles. The quantitative estimate of drug-likeness (QED) is 0.808. The van der Waals surface area contributed by atoms with E-state index in [4.69, 9.17) is 0 Å². The van der Waals surface area contributed by atoms with Crippen molar-refractivity contribution in [3.8, 4) is 0 Å². The van der Waals surface area contributed by atoms with Crippen LogP contribution >= 0.6 is 0 Å². The van der Waals surface area contributed by atoms with Crippen LogP contribution in [-0.2, 0) is 9.59 Å². The number of piperidine rings is 1. The molecule has 2 heterocycles. The van der Waals surface area contributed by atoms with Gasteiger partial charge in [-0.25, -0.2) is 0 Å². The molecule has 2 amide bonds. The summed E-state index contributed by atoms with van der Waals surface area (Å²) in [7, 11) is 0. The normalized spacial score (nSPS) is 24.6. The van der Waals surface area contributed by atoms with Gasteiger partial charge in [0.05, 0.1) is 6.10 Å². The molecule has 0 saturated carbocycles. The third-order valence-corrected chi connectivity index (χ3v) is 5.11. The number of piperazine rings is 1. The highest BCUT2D eigenvalue weighted by atomic mass is 16.3. The van der Waals surface area contributed by atoms with Crippen LogP contribution in [0, 0.1) is 0 Å². The van der Waals surface area contributed by atoms with Crippen LogP contribution in [0.5, 0.6) is 0 Å². The zero-order valence-electron chi connectivity index (χ0n) is 14.5. The predicted molar refractivity (Wildman–Crippen MR) is 89.0 cm³/mol. The Balaban J connectivity index is 1.79. The average molecular weight is 325 g/mol. The van der Waals surface area contributed by atoms with Crippen LogP contribution in [0.3, 0.4) is 0 Å². The smallest absolute Gasteiger partial charge is 0.224 e. The lowest BCUT2D eigenvalue weighted by molar-refractivity contribution is -0.138. The monoisotopic (exact) mass is 325 g/mol. The fraction of sp³-hybridized carbons (Fsp3) is 0.882. The van der Waals surface area contributed by atoms with Crippen molar-refractivity contribution >= 4 is 11.8 Å². The van der Waals surface area contributed by atoms with E-state index in [2.05, 4.69) is 4.90 Å². The summed E-state index contributed by atoms with van der Waals surface area (Å²) >= 11 is 0. The Morgan fingerprint density at radius 2 is 1.83 bits per heavy atom. The number of nitrogens with zero attached hydrogens (tertiary/aromatic N) is 3. The lowest BCUT2D eigenvalue weighted by atomic mass is 9.98. The van der Waals surface area contributed by atoms with Crippen molar-refractivity contribution in [3.05, 3.63) is 0 Å². The molecule has 6 nitrogen and oxygen atoms in total. The van der Waals surface area contributed by atoms with Crippen LogP contribution in [-0.4, -0.2) is 83.0 Å². The van der Waals surface area contributed by atoms with E-state index in [1.54, 1.807) is 6.92 Å². The minimum Gasteiger partial charge on any atom is -0.392 e. The van der Waals surface area contributed by atoms with Crippen LogP contribution < -0.4 is 0 Å². The molecular formula is C17H31N3O3. The minimum absolute atomic E-state index is 0.0775. The second kappa shape index (κ2) is 8.64. The van der Waals surface area contributed by atoms with Gasteiger partial charge in [-0.2, -0.15) is 0 Å². The van der Waals surface area contributed by atoms with Crippen molar-refractivity contribution in [3.63, 3.8) is 0 Å². The van der Waals surface area contributed by atoms with Crippen LogP contribution in [0.15, 0.2) is 0 Å². The van der Waals surface area contributed by atoms with E-state index >= 15 is 0 Å². The van der Waals surface area contributed by atoms with Crippen molar-refractivity contribution in [1.82, 2.24) is 14.7 Å². The molecule has 0 aliphatic carbocycles. The fourth-order valence-electron chi connectivity index (χ4n) is 3.56. The van der Waals surface area contributed by atoms with Crippen molar-refractivity contribution in [1.29, 1.82) is 0 Å². The van der Waals surface area contributed by atoms with Gasteiger partial charge in [0.2, 0.25) is 11.8 Å². The second-order valence-electron chi connectivity index (χ2n) is 6.81. The zero-order chi connectivity index (χ0) is 16.8. The number of carbonyl (C=O) groups is 2. The highest BCUT2D eigenvalue weighted by Crippen LogP contribution is 2.21. The first-order valence-corrected chi connectivity index (χ1v) is 8.96. The SMILES string of the molecule is CC[C@@H](O)CN1CCN(C(=O)C[C@@H]2CCCCN2C(C)=O)CC1. The number of rotatable bonds is 5. The van der Waals surface area contributed by atoms with E-state index in [9.17, 15) is 14.7 Å². The number of aliphatic hydroxyl groups excluding tert-OH is 1. The lowest BCUT2D eigenvalue weighted by Gasteiger charge is -2.38. The minimum atomic E-state index is -0.274. The van der Waals surface area contributed by atoms with Crippen LogP contribution in [0.4, 0.5) is 0 Å². The molecule has 1 N–H and O–H groups in total. The molecule has 0 unspecified atom stereocenters. The van der Waals surface area contributed by atoms with E-state index in [1.165, 1.54) is 0 Å². The molecule has 0 radical (unpaired) electrons. The molecule has 2 fully saturated rings. The largest absolute Gasteiger partial charge is 0.392 e. The average Bonchev–Trinajstić information content (AvgIpc) is 2.55. The molecule has 0 aromatic carbocycles. The van der Waals surface area contributed by atoms with Crippen molar-refractivity contribution in [2.24, 2.45) is 0 Å². The van der Waals surface area contributed by atoms with E-state index in [-0.39, 0.29) is 24.0 Å². The van der Waals surface area contributed by atoms with Crippen molar-refractivity contribution < 1.29 is 14.7 Å². The molecule has 2 rings (SSSR count). The topological polar surface area (TPSA) is 64.1 Å².